The monoisotopic (exact) mass is 336 g/mol. The summed E-state index contributed by atoms with van der Waals surface area (Å²) in [4.78, 5) is 0. The van der Waals surface area contributed by atoms with Crippen LogP contribution in [0, 0.1) is 0 Å². The van der Waals surface area contributed by atoms with Gasteiger partial charge in [0.25, 0.3) is 0 Å². The third-order valence-corrected chi connectivity index (χ3v) is 4.60. The Morgan fingerprint density at radius 3 is 2.84 bits per heavy atom. The Morgan fingerprint density at radius 2 is 2.05 bits per heavy atom. The summed E-state index contributed by atoms with van der Waals surface area (Å²) in [6.45, 7) is 2.09. The van der Waals surface area contributed by atoms with Crippen molar-refractivity contribution in [3.05, 3.63) is 63.6 Å². The average molecular weight is 338 g/mol. The van der Waals surface area contributed by atoms with Gasteiger partial charge in [0.1, 0.15) is 11.9 Å². The standard InChI is InChI=1S/C16H14BrClO/c1-10-8-12-9-11(6-7-15(12)19-10)16(18)13-4-2-3-5-14(13)17/h2-7,9-10,16H,8H2,1H3. The van der Waals surface area contributed by atoms with Gasteiger partial charge in [0.2, 0.25) is 0 Å². The molecule has 1 aliphatic rings. The van der Waals surface area contributed by atoms with Crippen molar-refractivity contribution in [2.24, 2.45) is 0 Å². The minimum atomic E-state index is -0.142. The van der Waals surface area contributed by atoms with E-state index in [1.807, 2.05) is 36.4 Å². The second kappa shape index (κ2) is 5.18. The van der Waals surface area contributed by atoms with E-state index in [9.17, 15) is 0 Å². The number of rotatable bonds is 2. The van der Waals surface area contributed by atoms with Gasteiger partial charge in [0.05, 0.1) is 5.38 Å². The molecule has 3 heteroatoms. The van der Waals surface area contributed by atoms with Crippen LogP contribution in [-0.2, 0) is 6.42 Å². The van der Waals surface area contributed by atoms with Crippen LogP contribution in [0.15, 0.2) is 46.9 Å². The minimum Gasteiger partial charge on any atom is -0.490 e. The van der Waals surface area contributed by atoms with E-state index < -0.39 is 0 Å². The molecular weight excluding hydrogens is 324 g/mol. The van der Waals surface area contributed by atoms with Crippen molar-refractivity contribution in [2.45, 2.75) is 24.8 Å². The van der Waals surface area contributed by atoms with E-state index >= 15 is 0 Å². The number of ether oxygens (including phenoxy) is 1. The summed E-state index contributed by atoms with van der Waals surface area (Å²) in [6.07, 6.45) is 1.23. The zero-order valence-electron chi connectivity index (χ0n) is 10.6. The topological polar surface area (TPSA) is 9.23 Å². The van der Waals surface area contributed by atoms with Crippen molar-refractivity contribution in [1.82, 2.24) is 0 Å². The first-order valence-corrected chi connectivity index (χ1v) is 7.56. The SMILES string of the molecule is CC1Cc2cc(C(Cl)c3ccccc3Br)ccc2O1. The molecule has 3 rings (SSSR count). The lowest BCUT2D eigenvalue weighted by atomic mass is 10.0. The minimum absolute atomic E-state index is 0.142. The first kappa shape index (κ1) is 13.0. The molecule has 0 aromatic heterocycles. The molecule has 19 heavy (non-hydrogen) atoms. The van der Waals surface area contributed by atoms with Crippen molar-refractivity contribution in [3.63, 3.8) is 0 Å². The van der Waals surface area contributed by atoms with E-state index in [1.54, 1.807) is 0 Å². The predicted molar refractivity (Wildman–Crippen MR) is 82.1 cm³/mol. The fourth-order valence-electron chi connectivity index (χ4n) is 2.46. The van der Waals surface area contributed by atoms with E-state index in [2.05, 4.69) is 28.9 Å². The van der Waals surface area contributed by atoms with Crippen molar-refractivity contribution < 1.29 is 4.74 Å². The second-order valence-electron chi connectivity index (χ2n) is 4.88. The highest BCUT2D eigenvalue weighted by molar-refractivity contribution is 9.10. The maximum Gasteiger partial charge on any atom is 0.123 e. The number of fused-ring (bicyclic) bond motifs is 1. The molecule has 0 bridgehead atoms. The number of alkyl halides is 1. The van der Waals surface area contributed by atoms with E-state index in [0.29, 0.717) is 0 Å². The molecule has 2 aromatic carbocycles. The summed E-state index contributed by atoms with van der Waals surface area (Å²) in [6, 6.07) is 14.3. The molecule has 0 N–H and O–H groups in total. The summed E-state index contributed by atoms with van der Waals surface area (Å²) < 4.78 is 6.76. The molecule has 0 saturated heterocycles. The quantitative estimate of drug-likeness (QED) is 0.693. The highest BCUT2D eigenvalue weighted by atomic mass is 79.9. The molecule has 1 heterocycles. The Kier molecular flexibility index (Phi) is 3.55. The van der Waals surface area contributed by atoms with Gasteiger partial charge in [-0.2, -0.15) is 0 Å². The first-order valence-electron chi connectivity index (χ1n) is 6.33. The van der Waals surface area contributed by atoms with Crippen LogP contribution in [0.1, 0.15) is 29.0 Å². The van der Waals surface area contributed by atoms with Crippen LogP contribution in [0.5, 0.6) is 5.75 Å². The third kappa shape index (κ3) is 2.52. The number of hydrogen-bond acceptors (Lipinski definition) is 1. The highest BCUT2D eigenvalue weighted by Gasteiger charge is 2.21. The van der Waals surface area contributed by atoms with Gasteiger partial charge in [-0.25, -0.2) is 0 Å². The molecule has 0 fully saturated rings. The molecule has 0 aliphatic carbocycles. The number of hydrogen-bond donors (Lipinski definition) is 0. The molecule has 0 amide bonds. The van der Waals surface area contributed by atoms with E-state index in [4.69, 9.17) is 16.3 Å². The highest BCUT2D eigenvalue weighted by Crippen LogP contribution is 2.37. The Morgan fingerprint density at radius 1 is 1.26 bits per heavy atom. The van der Waals surface area contributed by atoms with Crippen LogP contribution >= 0.6 is 27.5 Å². The van der Waals surface area contributed by atoms with Crippen molar-refractivity contribution >= 4 is 27.5 Å². The third-order valence-electron chi connectivity index (χ3n) is 3.39. The van der Waals surface area contributed by atoms with Gasteiger partial charge in [0.15, 0.2) is 0 Å². The van der Waals surface area contributed by atoms with Gasteiger partial charge in [-0.15, -0.1) is 11.6 Å². The van der Waals surface area contributed by atoms with Crippen LogP contribution in [0.3, 0.4) is 0 Å². The van der Waals surface area contributed by atoms with Gasteiger partial charge in [-0.1, -0.05) is 46.3 Å². The van der Waals surface area contributed by atoms with Gasteiger partial charge in [-0.05, 0) is 35.7 Å². The van der Waals surface area contributed by atoms with Gasteiger partial charge in [-0.3, -0.25) is 0 Å². The lowest BCUT2D eigenvalue weighted by molar-refractivity contribution is 0.254. The fourth-order valence-corrected chi connectivity index (χ4v) is 3.43. The molecule has 0 saturated carbocycles. The lowest BCUT2D eigenvalue weighted by Gasteiger charge is -2.13. The van der Waals surface area contributed by atoms with Gasteiger partial charge in [0, 0.05) is 10.9 Å². The van der Waals surface area contributed by atoms with Crippen LogP contribution in [0.4, 0.5) is 0 Å². The first-order chi connectivity index (χ1) is 9.15. The zero-order chi connectivity index (χ0) is 13.4. The molecule has 0 radical (unpaired) electrons. The largest absolute Gasteiger partial charge is 0.490 e. The summed E-state index contributed by atoms with van der Waals surface area (Å²) in [5.41, 5.74) is 3.46. The lowest BCUT2D eigenvalue weighted by Crippen LogP contribution is -2.05. The summed E-state index contributed by atoms with van der Waals surface area (Å²) >= 11 is 10.2. The number of benzene rings is 2. The van der Waals surface area contributed by atoms with E-state index in [1.165, 1.54) is 5.56 Å². The molecule has 2 aromatic rings. The van der Waals surface area contributed by atoms with Gasteiger partial charge < -0.3 is 4.74 Å². The second-order valence-corrected chi connectivity index (χ2v) is 6.17. The van der Waals surface area contributed by atoms with Crippen molar-refractivity contribution in [2.75, 3.05) is 0 Å². The molecule has 98 valence electrons. The molecule has 1 aliphatic heterocycles. The molecular formula is C16H14BrClO. The van der Waals surface area contributed by atoms with Crippen LogP contribution in [0.25, 0.3) is 0 Å². The van der Waals surface area contributed by atoms with E-state index in [-0.39, 0.29) is 11.5 Å². The Balaban J connectivity index is 1.95. The molecule has 2 atom stereocenters. The Hall–Kier alpha value is -0.990. The Bertz CT molecular complexity index is 611. The maximum atomic E-state index is 6.60. The Labute approximate surface area is 126 Å². The van der Waals surface area contributed by atoms with E-state index in [0.717, 1.165) is 27.8 Å². The zero-order valence-corrected chi connectivity index (χ0v) is 12.9. The molecule has 0 spiro atoms. The van der Waals surface area contributed by atoms with Crippen LogP contribution in [0.2, 0.25) is 0 Å². The van der Waals surface area contributed by atoms with Crippen LogP contribution < -0.4 is 4.74 Å². The molecule has 2 unspecified atom stereocenters. The summed E-state index contributed by atoms with van der Waals surface area (Å²) in [7, 11) is 0. The van der Waals surface area contributed by atoms with Crippen LogP contribution in [-0.4, -0.2) is 6.10 Å². The summed E-state index contributed by atoms with van der Waals surface area (Å²) in [5, 5.41) is -0.142. The predicted octanol–water partition coefficient (Wildman–Crippen LogP) is 5.10. The van der Waals surface area contributed by atoms with Crippen molar-refractivity contribution in [1.29, 1.82) is 0 Å². The molecule has 1 nitrogen and oxygen atoms in total. The average Bonchev–Trinajstić information content (AvgIpc) is 2.77. The van der Waals surface area contributed by atoms with Gasteiger partial charge >= 0.3 is 0 Å². The number of halogens is 2. The normalized spacial score (nSPS) is 18.8. The summed E-state index contributed by atoms with van der Waals surface area (Å²) in [5.74, 6) is 0.993. The fraction of sp³-hybridized carbons (Fsp3) is 0.250. The van der Waals surface area contributed by atoms with Crippen molar-refractivity contribution in [3.8, 4) is 5.75 Å². The smallest absolute Gasteiger partial charge is 0.123 e. The maximum absolute atomic E-state index is 6.60.